The van der Waals surface area contributed by atoms with Crippen LogP contribution in [0, 0.1) is 11.6 Å². The van der Waals surface area contributed by atoms with Gasteiger partial charge in [-0.2, -0.15) is 0 Å². The summed E-state index contributed by atoms with van der Waals surface area (Å²) in [7, 11) is 0. The fourth-order valence-electron chi connectivity index (χ4n) is 1.81. The van der Waals surface area contributed by atoms with E-state index in [-0.39, 0.29) is 5.41 Å². The van der Waals surface area contributed by atoms with E-state index in [1.54, 1.807) is 0 Å². The molecule has 1 heterocycles. The molecule has 1 N–H and O–H groups in total. The van der Waals surface area contributed by atoms with Crippen LogP contribution in [0.3, 0.4) is 0 Å². The molecule has 3 heteroatoms. The maximum absolute atomic E-state index is 13.4. The maximum Gasteiger partial charge on any atom is 0.131 e. The summed E-state index contributed by atoms with van der Waals surface area (Å²) >= 11 is 0. The number of nitrogens with one attached hydrogen (secondary N) is 1. The second kappa shape index (κ2) is 2.44. The van der Waals surface area contributed by atoms with E-state index in [2.05, 4.69) is 5.32 Å². The highest BCUT2D eigenvalue weighted by Crippen LogP contribution is 2.38. The van der Waals surface area contributed by atoms with Gasteiger partial charge in [0, 0.05) is 29.3 Å². The lowest BCUT2D eigenvalue weighted by Crippen LogP contribution is -2.20. The Labute approximate surface area is 75.8 Å². The number of fused-ring (bicyclic) bond motifs is 1. The Morgan fingerprint density at radius 3 is 2.69 bits per heavy atom. The first-order valence-corrected chi connectivity index (χ1v) is 4.24. The Balaban J connectivity index is 2.65. The Morgan fingerprint density at radius 1 is 1.31 bits per heavy atom. The molecule has 0 amide bonds. The molecule has 0 unspecified atom stereocenters. The first kappa shape index (κ1) is 8.48. The average molecular weight is 183 g/mol. The lowest BCUT2D eigenvalue weighted by atomic mass is 9.86. The topological polar surface area (TPSA) is 12.0 Å². The van der Waals surface area contributed by atoms with Gasteiger partial charge in [-0.15, -0.1) is 0 Å². The van der Waals surface area contributed by atoms with Gasteiger partial charge in [0.05, 0.1) is 0 Å². The zero-order valence-corrected chi connectivity index (χ0v) is 7.62. The molecule has 0 spiro atoms. The van der Waals surface area contributed by atoms with Gasteiger partial charge in [-0.05, 0) is 6.07 Å². The van der Waals surface area contributed by atoms with Crippen LogP contribution in [0.15, 0.2) is 12.1 Å². The standard InChI is InChI=1S/C10H11F2N/c1-10(2)5-13-8-4-6(11)3-7(12)9(8)10/h3-4,13H,5H2,1-2H3. The van der Waals surface area contributed by atoms with Gasteiger partial charge in [-0.25, -0.2) is 8.78 Å². The van der Waals surface area contributed by atoms with E-state index in [9.17, 15) is 8.78 Å². The van der Waals surface area contributed by atoms with E-state index >= 15 is 0 Å². The molecule has 0 radical (unpaired) electrons. The van der Waals surface area contributed by atoms with Crippen LogP contribution in [-0.2, 0) is 5.41 Å². The number of anilines is 1. The van der Waals surface area contributed by atoms with E-state index in [4.69, 9.17) is 0 Å². The quantitative estimate of drug-likeness (QED) is 0.652. The van der Waals surface area contributed by atoms with Crippen molar-refractivity contribution in [2.24, 2.45) is 0 Å². The highest BCUT2D eigenvalue weighted by molar-refractivity contribution is 5.60. The summed E-state index contributed by atoms with van der Waals surface area (Å²) in [4.78, 5) is 0. The third kappa shape index (κ3) is 1.19. The molecule has 0 fully saturated rings. The summed E-state index contributed by atoms with van der Waals surface area (Å²) in [5.41, 5.74) is 0.934. The lowest BCUT2D eigenvalue weighted by Gasteiger charge is -2.17. The third-order valence-electron chi connectivity index (χ3n) is 2.45. The SMILES string of the molecule is CC1(C)CNc2cc(F)cc(F)c21. The minimum Gasteiger partial charge on any atom is -0.384 e. The molecule has 70 valence electrons. The van der Waals surface area contributed by atoms with Crippen molar-refractivity contribution in [3.8, 4) is 0 Å². The van der Waals surface area contributed by atoms with Crippen molar-refractivity contribution in [3.05, 3.63) is 29.3 Å². The Hall–Kier alpha value is -1.12. The van der Waals surface area contributed by atoms with Gasteiger partial charge >= 0.3 is 0 Å². The molecular weight excluding hydrogens is 172 g/mol. The van der Waals surface area contributed by atoms with Gasteiger partial charge in [-0.1, -0.05) is 13.8 Å². The third-order valence-corrected chi connectivity index (χ3v) is 2.45. The van der Waals surface area contributed by atoms with Crippen LogP contribution >= 0.6 is 0 Å². The summed E-state index contributed by atoms with van der Waals surface area (Å²) < 4.78 is 26.2. The fourth-order valence-corrected chi connectivity index (χ4v) is 1.81. The normalized spacial score (nSPS) is 18.2. The summed E-state index contributed by atoms with van der Waals surface area (Å²) in [5.74, 6) is -0.980. The second-order valence-corrected chi connectivity index (χ2v) is 4.05. The van der Waals surface area contributed by atoms with Crippen LogP contribution in [0.5, 0.6) is 0 Å². The first-order valence-electron chi connectivity index (χ1n) is 4.24. The zero-order valence-electron chi connectivity index (χ0n) is 7.62. The highest BCUT2D eigenvalue weighted by atomic mass is 19.1. The summed E-state index contributed by atoms with van der Waals surface area (Å²) in [6.45, 7) is 4.53. The first-order chi connectivity index (χ1) is 6.00. The molecule has 1 aliphatic heterocycles. The van der Waals surface area contributed by atoms with Crippen molar-refractivity contribution < 1.29 is 8.78 Å². The molecule has 1 nitrogen and oxygen atoms in total. The molecule has 0 aromatic heterocycles. The summed E-state index contributed by atoms with van der Waals surface area (Å²) in [6, 6.07) is 2.28. The number of hydrogen-bond donors (Lipinski definition) is 1. The molecule has 1 aromatic rings. The monoisotopic (exact) mass is 183 g/mol. The van der Waals surface area contributed by atoms with E-state index in [1.807, 2.05) is 13.8 Å². The lowest BCUT2D eigenvalue weighted by molar-refractivity contribution is 0.518. The number of hydrogen-bond acceptors (Lipinski definition) is 1. The van der Waals surface area contributed by atoms with Crippen LogP contribution in [0.25, 0.3) is 0 Å². The van der Waals surface area contributed by atoms with Crippen molar-refractivity contribution in [1.82, 2.24) is 0 Å². The van der Waals surface area contributed by atoms with Crippen molar-refractivity contribution in [2.45, 2.75) is 19.3 Å². The predicted molar refractivity (Wildman–Crippen MR) is 47.9 cm³/mol. The highest BCUT2D eigenvalue weighted by Gasteiger charge is 2.33. The van der Waals surface area contributed by atoms with E-state index in [1.165, 1.54) is 6.07 Å². The predicted octanol–water partition coefficient (Wildman–Crippen LogP) is 2.67. The number of halogens is 2. The fraction of sp³-hybridized carbons (Fsp3) is 0.400. The molecule has 0 bridgehead atoms. The smallest absolute Gasteiger partial charge is 0.131 e. The Bertz CT molecular complexity index is 358. The second-order valence-electron chi connectivity index (χ2n) is 4.05. The van der Waals surface area contributed by atoms with Gasteiger partial charge in [0.25, 0.3) is 0 Å². The van der Waals surface area contributed by atoms with Gasteiger partial charge in [0.1, 0.15) is 11.6 Å². The van der Waals surface area contributed by atoms with Crippen LogP contribution in [-0.4, -0.2) is 6.54 Å². The molecule has 1 aromatic carbocycles. The summed E-state index contributed by atoms with van der Waals surface area (Å²) in [6.07, 6.45) is 0. The molecule has 0 saturated carbocycles. The van der Waals surface area contributed by atoms with Crippen LogP contribution in [0.2, 0.25) is 0 Å². The minimum atomic E-state index is -0.526. The largest absolute Gasteiger partial charge is 0.384 e. The maximum atomic E-state index is 13.4. The number of rotatable bonds is 0. The van der Waals surface area contributed by atoms with Gasteiger partial charge < -0.3 is 5.32 Å². The van der Waals surface area contributed by atoms with Crippen molar-refractivity contribution in [1.29, 1.82) is 0 Å². The van der Waals surface area contributed by atoms with Crippen molar-refractivity contribution in [3.63, 3.8) is 0 Å². The molecule has 0 saturated heterocycles. The Morgan fingerprint density at radius 2 is 2.00 bits per heavy atom. The molecule has 13 heavy (non-hydrogen) atoms. The van der Waals surface area contributed by atoms with Crippen molar-refractivity contribution >= 4 is 5.69 Å². The van der Waals surface area contributed by atoms with E-state index in [0.717, 1.165) is 6.07 Å². The molecule has 2 rings (SSSR count). The van der Waals surface area contributed by atoms with Gasteiger partial charge in [0.15, 0.2) is 0 Å². The van der Waals surface area contributed by atoms with Crippen LogP contribution < -0.4 is 5.32 Å². The molecule has 1 aliphatic rings. The van der Waals surface area contributed by atoms with Crippen LogP contribution in [0.4, 0.5) is 14.5 Å². The van der Waals surface area contributed by atoms with E-state index < -0.39 is 11.6 Å². The van der Waals surface area contributed by atoms with Crippen molar-refractivity contribution in [2.75, 3.05) is 11.9 Å². The van der Waals surface area contributed by atoms with Gasteiger partial charge in [0.2, 0.25) is 0 Å². The van der Waals surface area contributed by atoms with Gasteiger partial charge in [-0.3, -0.25) is 0 Å². The average Bonchev–Trinajstić information content (AvgIpc) is 2.26. The van der Waals surface area contributed by atoms with Crippen LogP contribution in [0.1, 0.15) is 19.4 Å². The molecule has 0 atom stereocenters. The van der Waals surface area contributed by atoms with E-state index in [0.29, 0.717) is 17.8 Å². The zero-order chi connectivity index (χ0) is 9.64. The molecule has 0 aliphatic carbocycles. The number of benzene rings is 1. The Kier molecular flexibility index (Phi) is 1.59. The molecular formula is C10H11F2N. The summed E-state index contributed by atoms with van der Waals surface area (Å²) in [5, 5.41) is 2.99. The minimum absolute atomic E-state index is 0.243.